The van der Waals surface area contributed by atoms with Crippen LogP contribution in [-0.4, -0.2) is 32.6 Å². The minimum absolute atomic E-state index is 0. The van der Waals surface area contributed by atoms with Gasteiger partial charge in [0.2, 0.25) is 0 Å². The lowest BCUT2D eigenvalue weighted by Crippen LogP contribution is -2.39. The molecule has 0 aromatic heterocycles. The molecule has 3 rings (SSSR count). The van der Waals surface area contributed by atoms with Crippen LogP contribution in [0.15, 0.2) is 47.5 Å². The average Bonchev–Trinajstić information content (AvgIpc) is 3.24. The van der Waals surface area contributed by atoms with Gasteiger partial charge in [0.05, 0.1) is 6.04 Å². The molecular formula is C22H29F2IN4. The first kappa shape index (κ1) is 23.4. The van der Waals surface area contributed by atoms with E-state index in [9.17, 15) is 8.78 Å². The van der Waals surface area contributed by atoms with Crippen LogP contribution in [0.1, 0.15) is 36.9 Å². The lowest BCUT2D eigenvalue weighted by Gasteiger charge is -2.22. The summed E-state index contributed by atoms with van der Waals surface area (Å²) in [6.45, 7) is 4.69. The molecule has 1 fully saturated rings. The Morgan fingerprint density at radius 3 is 2.41 bits per heavy atom. The predicted molar refractivity (Wildman–Crippen MR) is 126 cm³/mol. The number of aliphatic imine (C=N–C) groups is 1. The van der Waals surface area contributed by atoms with Crippen molar-refractivity contribution >= 4 is 35.6 Å². The average molecular weight is 514 g/mol. The van der Waals surface area contributed by atoms with Crippen molar-refractivity contribution < 1.29 is 8.78 Å². The third-order valence-corrected chi connectivity index (χ3v) is 5.15. The van der Waals surface area contributed by atoms with Crippen LogP contribution in [0.3, 0.4) is 0 Å². The third kappa shape index (κ3) is 6.29. The minimum Gasteiger partial charge on any atom is -0.372 e. The van der Waals surface area contributed by atoms with Gasteiger partial charge in [-0.05, 0) is 56.0 Å². The number of nitrogens with one attached hydrogen (secondary N) is 2. The van der Waals surface area contributed by atoms with Crippen molar-refractivity contribution in [2.45, 2.75) is 32.2 Å². The van der Waals surface area contributed by atoms with Gasteiger partial charge in [-0.2, -0.15) is 0 Å². The minimum atomic E-state index is -0.517. The highest BCUT2D eigenvalue weighted by Gasteiger charge is 2.15. The summed E-state index contributed by atoms with van der Waals surface area (Å²) in [6, 6.07) is 12.5. The molecule has 1 atom stereocenters. The van der Waals surface area contributed by atoms with Gasteiger partial charge in [-0.25, -0.2) is 8.78 Å². The number of hydrogen-bond acceptors (Lipinski definition) is 2. The van der Waals surface area contributed by atoms with Crippen LogP contribution >= 0.6 is 24.0 Å². The van der Waals surface area contributed by atoms with Crippen molar-refractivity contribution in [2.24, 2.45) is 4.99 Å². The smallest absolute Gasteiger partial charge is 0.191 e. The van der Waals surface area contributed by atoms with Crippen LogP contribution in [0, 0.1) is 11.6 Å². The molecule has 0 radical (unpaired) electrons. The first-order chi connectivity index (χ1) is 13.6. The molecule has 2 N–H and O–H groups in total. The number of rotatable bonds is 6. The monoisotopic (exact) mass is 514 g/mol. The van der Waals surface area contributed by atoms with Crippen molar-refractivity contribution in [3.05, 3.63) is 65.2 Å². The zero-order valence-electron chi connectivity index (χ0n) is 16.9. The SMILES string of the molecule is CN=C(NCCc1c(F)cccc1F)NC(C)c1cccc(N2CCCC2)c1.I. The Labute approximate surface area is 188 Å². The molecular weight excluding hydrogens is 485 g/mol. The Balaban J connectivity index is 0.00000300. The topological polar surface area (TPSA) is 39.7 Å². The van der Waals surface area contributed by atoms with Crippen molar-refractivity contribution in [2.75, 3.05) is 31.6 Å². The fraction of sp³-hybridized carbons (Fsp3) is 0.409. The van der Waals surface area contributed by atoms with Crippen LogP contribution < -0.4 is 15.5 Å². The molecule has 29 heavy (non-hydrogen) atoms. The molecule has 4 nitrogen and oxygen atoms in total. The maximum Gasteiger partial charge on any atom is 0.191 e. The van der Waals surface area contributed by atoms with Crippen LogP contribution in [0.2, 0.25) is 0 Å². The molecule has 0 amide bonds. The van der Waals surface area contributed by atoms with Crippen molar-refractivity contribution in [1.82, 2.24) is 10.6 Å². The van der Waals surface area contributed by atoms with E-state index < -0.39 is 11.6 Å². The first-order valence-corrected chi connectivity index (χ1v) is 9.83. The van der Waals surface area contributed by atoms with Crippen molar-refractivity contribution in [3.8, 4) is 0 Å². The Morgan fingerprint density at radius 1 is 1.10 bits per heavy atom. The molecule has 1 unspecified atom stereocenters. The number of benzene rings is 2. The fourth-order valence-electron chi connectivity index (χ4n) is 3.53. The van der Waals surface area contributed by atoms with Crippen molar-refractivity contribution in [3.63, 3.8) is 0 Å². The molecule has 1 aliphatic heterocycles. The Kier molecular flexibility index (Phi) is 9.13. The summed E-state index contributed by atoms with van der Waals surface area (Å²) in [5, 5.41) is 6.49. The van der Waals surface area contributed by atoms with Gasteiger partial charge in [-0.1, -0.05) is 18.2 Å². The highest BCUT2D eigenvalue weighted by Crippen LogP contribution is 2.24. The van der Waals surface area contributed by atoms with Crippen LogP contribution in [-0.2, 0) is 6.42 Å². The molecule has 0 spiro atoms. The van der Waals surface area contributed by atoms with Gasteiger partial charge in [0.15, 0.2) is 5.96 Å². The lowest BCUT2D eigenvalue weighted by atomic mass is 10.1. The first-order valence-electron chi connectivity index (χ1n) is 9.83. The zero-order chi connectivity index (χ0) is 19.9. The molecule has 2 aromatic rings. The number of halogens is 3. The molecule has 2 aromatic carbocycles. The standard InChI is InChI=1S/C22H28F2N4.HI/c1-16(17-7-5-8-18(15-17)28-13-3-4-14-28)27-22(25-2)26-12-11-19-20(23)9-6-10-21(19)24;/h5-10,15-16H,3-4,11-14H2,1-2H3,(H2,25,26,27);1H. The second-order valence-corrected chi connectivity index (χ2v) is 7.10. The van der Waals surface area contributed by atoms with E-state index in [0.29, 0.717) is 12.5 Å². The summed E-state index contributed by atoms with van der Waals surface area (Å²) in [7, 11) is 1.69. The molecule has 0 saturated carbocycles. The fourth-order valence-corrected chi connectivity index (χ4v) is 3.53. The summed E-state index contributed by atoms with van der Waals surface area (Å²) in [5.74, 6) is -0.426. The molecule has 1 heterocycles. The molecule has 0 bridgehead atoms. The van der Waals surface area contributed by atoms with Crippen LogP contribution in [0.5, 0.6) is 0 Å². The number of nitrogens with zero attached hydrogens (tertiary/aromatic N) is 2. The normalized spacial score (nSPS) is 15.0. The molecule has 1 aliphatic rings. The lowest BCUT2D eigenvalue weighted by molar-refractivity contribution is 0.552. The summed E-state index contributed by atoms with van der Waals surface area (Å²) in [5.41, 5.74) is 2.52. The van der Waals surface area contributed by atoms with E-state index >= 15 is 0 Å². The van der Waals surface area contributed by atoms with Gasteiger partial charge in [0, 0.05) is 37.9 Å². The molecule has 158 valence electrons. The highest BCUT2D eigenvalue weighted by atomic mass is 127. The molecule has 1 saturated heterocycles. The number of hydrogen-bond donors (Lipinski definition) is 2. The van der Waals surface area contributed by atoms with Gasteiger partial charge in [0.1, 0.15) is 11.6 Å². The van der Waals surface area contributed by atoms with Crippen molar-refractivity contribution in [1.29, 1.82) is 0 Å². The van der Waals surface area contributed by atoms with E-state index in [-0.39, 0.29) is 42.0 Å². The molecule has 7 heteroatoms. The Bertz CT molecular complexity index is 802. The summed E-state index contributed by atoms with van der Waals surface area (Å²) in [6.07, 6.45) is 2.74. The van der Waals surface area contributed by atoms with Crippen LogP contribution in [0.4, 0.5) is 14.5 Å². The van der Waals surface area contributed by atoms with Gasteiger partial charge in [0.25, 0.3) is 0 Å². The number of guanidine groups is 1. The van der Waals surface area contributed by atoms with Crippen LogP contribution in [0.25, 0.3) is 0 Å². The Morgan fingerprint density at radius 2 is 1.76 bits per heavy atom. The second kappa shape index (κ2) is 11.3. The van der Waals surface area contributed by atoms with E-state index in [1.807, 2.05) is 0 Å². The summed E-state index contributed by atoms with van der Waals surface area (Å²) < 4.78 is 27.5. The van der Waals surface area contributed by atoms with E-state index in [0.717, 1.165) is 13.1 Å². The highest BCUT2D eigenvalue weighted by molar-refractivity contribution is 14.0. The zero-order valence-corrected chi connectivity index (χ0v) is 19.3. The van der Waals surface area contributed by atoms with E-state index in [2.05, 4.69) is 51.7 Å². The van der Waals surface area contributed by atoms with Gasteiger partial charge < -0.3 is 15.5 Å². The number of anilines is 1. The van der Waals surface area contributed by atoms with Gasteiger partial charge >= 0.3 is 0 Å². The second-order valence-electron chi connectivity index (χ2n) is 7.10. The summed E-state index contributed by atoms with van der Waals surface area (Å²) >= 11 is 0. The molecule has 0 aliphatic carbocycles. The van der Waals surface area contributed by atoms with E-state index in [4.69, 9.17) is 0 Å². The quantitative estimate of drug-likeness (QED) is 0.335. The largest absolute Gasteiger partial charge is 0.372 e. The summed E-state index contributed by atoms with van der Waals surface area (Å²) in [4.78, 5) is 6.63. The maximum absolute atomic E-state index is 13.7. The van der Waals surface area contributed by atoms with E-state index in [1.54, 1.807) is 7.05 Å². The predicted octanol–water partition coefficient (Wildman–Crippen LogP) is 4.65. The third-order valence-electron chi connectivity index (χ3n) is 5.15. The maximum atomic E-state index is 13.7. The van der Waals surface area contributed by atoms with E-state index in [1.165, 1.54) is 42.3 Å². The Hall–Kier alpha value is -1.90. The van der Waals surface area contributed by atoms with Gasteiger partial charge in [-0.15, -0.1) is 24.0 Å². The van der Waals surface area contributed by atoms with Gasteiger partial charge in [-0.3, -0.25) is 4.99 Å².